The number of rotatable bonds is 3. The van der Waals surface area contributed by atoms with Crippen LogP contribution in [0.3, 0.4) is 0 Å². The Bertz CT molecular complexity index is 552. The second-order valence-corrected chi connectivity index (χ2v) is 4.50. The van der Waals surface area contributed by atoms with E-state index in [9.17, 15) is 4.79 Å². The van der Waals surface area contributed by atoms with E-state index in [2.05, 4.69) is 20.3 Å². The number of carbonyl (C=O) groups is 1. The molecule has 8 heteroatoms. The third kappa shape index (κ3) is 2.89. The molecular weight excluding hydrogens is 264 g/mol. The molecule has 2 N–H and O–H groups in total. The first kappa shape index (κ1) is 11.7. The summed E-state index contributed by atoms with van der Waals surface area (Å²) in [6.45, 7) is 1.71. The molecule has 0 saturated carbocycles. The number of hydrogen-bond acceptors (Lipinski definition) is 6. The highest BCUT2D eigenvalue weighted by Crippen LogP contribution is 2.22. The number of carboxylic acids is 1. The highest BCUT2D eigenvalue weighted by atomic mass is 35.5. The van der Waals surface area contributed by atoms with Crippen molar-refractivity contribution in [1.82, 2.24) is 15.0 Å². The molecule has 2 heterocycles. The molecule has 0 amide bonds. The Morgan fingerprint density at radius 3 is 2.88 bits per heavy atom. The molecule has 17 heavy (non-hydrogen) atoms. The Hall–Kier alpha value is -1.73. The van der Waals surface area contributed by atoms with Crippen LogP contribution in [0, 0.1) is 6.92 Å². The van der Waals surface area contributed by atoms with Crippen LogP contribution in [0.2, 0.25) is 5.15 Å². The summed E-state index contributed by atoms with van der Waals surface area (Å²) in [6.07, 6.45) is 1.28. The van der Waals surface area contributed by atoms with Crippen LogP contribution < -0.4 is 5.32 Å². The van der Waals surface area contributed by atoms with Crippen molar-refractivity contribution in [1.29, 1.82) is 0 Å². The van der Waals surface area contributed by atoms with E-state index < -0.39 is 5.97 Å². The maximum atomic E-state index is 10.7. The number of carboxylic acid groups (broad SMARTS) is 1. The molecule has 0 aliphatic heterocycles. The predicted octanol–water partition coefficient (Wildman–Crippen LogP) is 2.34. The van der Waals surface area contributed by atoms with E-state index in [0.29, 0.717) is 21.9 Å². The molecule has 0 saturated heterocycles. The van der Waals surface area contributed by atoms with E-state index in [-0.39, 0.29) is 4.88 Å². The first-order valence-electron chi connectivity index (χ1n) is 4.52. The van der Waals surface area contributed by atoms with E-state index in [1.165, 1.54) is 12.3 Å². The zero-order valence-electron chi connectivity index (χ0n) is 8.64. The summed E-state index contributed by atoms with van der Waals surface area (Å²) in [5.41, 5.74) is 0. The summed E-state index contributed by atoms with van der Waals surface area (Å²) < 4.78 is 0. The van der Waals surface area contributed by atoms with Crippen LogP contribution in [-0.4, -0.2) is 26.0 Å². The van der Waals surface area contributed by atoms with Gasteiger partial charge in [-0.1, -0.05) is 22.9 Å². The number of halogens is 1. The number of hydrogen-bond donors (Lipinski definition) is 2. The van der Waals surface area contributed by atoms with Gasteiger partial charge in [-0.25, -0.2) is 19.7 Å². The lowest BCUT2D eigenvalue weighted by molar-refractivity contribution is 0.0702. The fourth-order valence-corrected chi connectivity index (χ4v) is 2.02. The molecule has 0 bridgehead atoms. The number of aromatic carboxylic acids is 1. The largest absolute Gasteiger partial charge is 0.477 e. The van der Waals surface area contributed by atoms with Gasteiger partial charge in [-0.15, -0.1) is 0 Å². The van der Waals surface area contributed by atoms with Crippen molar-refractivity contribution in [3.8, 4) is 0 Å². The van der Waals surface area contributed by atoms with Crippen LogP contribution in [0.15, 0.2) is 12.3 Å². The molecule has 6 nitrogen and oxygen atoms in total. The van der Waals surface area contributed by atoms with Crippen molar-refractivity contribution < 1.29 is 9.90 Å². The minimum Gasteiger partial charge on any atom is -0.477 e. The van der Waals surface area contributed by atoms with E-state index in [4.69, 9.17) is 16.7 Å². The van der Waals surface area contributed by atoms with Gasteiger partial charge in [0, 0.05) is 6.07 Å². The number of aryl methyl sites for hydroxylation is 1. The van der Waals surface area contributed by atoms with Crippen molar-refractivity contribution in [2.75, 3.05) is 5.32 Å². The Morgan fingerprint density at radius 1 is 1.53 bits per heavy atom. The van der Waals surface area contributed by atoms with E-state index >= 15 is 0 Å². The van der Waals surface area contributed by atoms with Gasteiger partial charge >= 0.3 is 5.97 Å². The van der Waals surface area contributed by atoms with Crippen molar-refractivity contribution >= 4 is 39.9 Å². The molecule has 2 rings (SSSR count). The fourth-order valence-electron chi connectivity index (χ4n) is 1.14. The minimum absolute atomic E-state index is 0.157. The number of aromatic nitrogens is 3. The Labute approximate surface area is 105 Å². The lowest BCUT2D eigenvalue weighted by Gasteiger charge is -2.02. The van der Waals surface area contributed by atoms with Crippen LogP contribution in [0.25, 0.3) is 0 Å². The Balaban J connectivity index is 2.22. The molecule has 0 aromatic carbocycles. The normalized spacial score (nSPS) is 10.2. The summed E-state index contributed by atoms with van der Waals surface area (Å²) in [7, 11) is 0. The Morgan fingerprint density at radius 2 is 2.29 bits per heavy atom. The molecule has 88 valence electrons. The van der Waals surface area contributed by atoms with E-state index in [1.807, 2.05) is 0 Å². The molecule has 2 aromatic rings. The fraction of sp³-hybridized carbons (Fsp3) is 0.111. The summed E-state index contributed by atoms with van der Waals surface area (Å²) in [5.74, 6) is -0.00347. The number of nitrogens with zero attached hydrogens (tertiary/aromatic N) is 3. The van der Waals surface area contributed by atoms with Crippen LogP contribution in [-0.2, 0) is 0 Å². The van der Waals surface area contributed by atoms with Crippen molar-refractivity contribution in [2.24, 2.45) is 0 Å². The molecule has 0 atom stereocenters. The van der Waals surface area contributed by atoms with Gasteiger partial charge in [0.15, 0.2) is 5.13 Å². The smallest absolute Gasteiger partial charge is 0.347 e. The standard InChI is InChI=1S/C9H7ClN4O2S/c1-4-12-6(10)2-7(13-4)14-9-11-3-5(17-9)8(15)16/h2-3H,1H3,(H,15,16)(H,11,12,13,14). The van der Waals surface area contributed by atoms with Gasteiger partial charge in [-0.3, -0.25) is 0 Å². The van der Waals surface area contributed by atoms with Gasteiger partial charge in [0.2, 0.25) is 0 Å². The molecule has 0 aliphatic rings. The molecule has 0 radical (unpaired) electrons. The lowest BCUT2D eigenvalue weighted by Crippen LogP contribution is -1.96. The van der Waals surface area contributed by atoms with Crippen molar-refractivity contribution in [2.45, 2.75) is 6.92 Å². The summed E-state index contributed by atoms with van der Waals surface area (Å²) >= 11 is 6.79. The lowest BCUT2D eigenvalue weighted by atomic mass is 10.5. The molecule has 0 spiro atoms. The maximum Gasteiger partial charge on any atom is 0.347 e. The van der Waals surface area contributed by atoms with Gasteiger partial charge in [0.05, 0.1) is 6.20 Å². The highest BCUT2D eigenvalue weighted by Gasteiger charge is 2.09. The Kier molecular flexibility index (Phi) is 3.21. The van der Waals surface area contributed by atoms with Crippen LogP contribution in [0.4, 0.5) is 10.9 Å². The quantitative estimate of drug-likeness (QED) is 0.832. The molecule has 0 unspecified atom stereocenters. The van der Waals surface area contributed by atoms with Gasteiger partial charge in [-0.05, 0) is 6.92 Å². The SMILES string of the molecule is Cc1nc(Cl)cc(Nc2ncc(C(=O)O)s2)n1. The summed E-state index contributed by atoms with van der Waals surface area (Å²) in [4.78, 5) is 22.8. The monoisotopic (exact) mass is 270 g/mol. The summed E-state index contributed by atoms with van der Waals surface area (Å²) in [6, 6.07) is 1.54. The van der Waals surface area contributed by atoms with Gasteiger partial charge in [0.25, 0.3) is 0 Å². The second-order valence-electron chi connectivity index (χ2n) is 3.08. The van der Waals surface area contributed by atoms with Crippen molar-refractivity contribution in [3.63, 3.8) is 0 Å². The summed E-state index contributed by atoms with van der Waals surface area (Å²) in [5, 5.41) is 12.4. The number of anilines is 2. The van der Waals surface area contributed by atoms with Crippen LogP contribution >= 0.6 is 22.9 Å². The first-order valence-corrected chi connectivity index (χ1v) is 5.71. The topological polar surface area (TPSA) is 88.0 Å². The molecule has 2 aromatic heterocycles. The zero-order chi connectivity index (χ0) is 12.4. The van der Waals surface area contributed by atoms with Gasteiger partial charge in [-0.2, -0.15) is 0 Å². The average Bonchev–Trinajstić information content (AvgIpc) is 2.64. The molecule has 0 aliphatic carbocycles. The second kappa shape index (κ2) is 4.64. The third-order valence-electron chi connectivity index (χ3n) is 1.76. The van der Waals surface area contributed by atoms with Gasteiger partial charge in [0.1, 0.15) is 21.7 Å². The van der Waals surface area contributed by atoms with Gasteiger partial charge < -0.3 is 10.4 Å². The first-order chi connectivity index (χ1) is 8.04. The minimum atomic E-state index is -1.01. The van der Waals surface area contributed by atoms with Crippen LogP contribution in [0.5, 0.6) is 0 Å². The zero-order valence-corrected chi connectivity index (χ0v) is 10.2. The highest BCUT2D eigenvalue weighted by molar-refractivity contribution is 7.17. The van der Waals surface area contributed by atoms with Crippen LogP contribution in [0.1, 0.15) is 15.5 Å². The molecular formula is C9H7ClN4O2S. The van der Waals surface area contributed by atoms with Crippen molar-refractivity contribution in [3.05, 3.63) is 28.1 Å². The van der Waals surface area contributed by atoms with E-state index in [0.717, 1.165) is 11.3 Å². The number of nitrogens with one attached hydrogen (secondary N) is 1. The predicted molar refractivity (Wildman–Crippen MR) is 64.1 cm³/mol. The molecule has 0 fully saturated rings. The van der Waals surface area contributed by atoms with E-state index in [1.54, 1.807) is 6.92 Å². The third-order valence-corrected chi connectivity index (χ3v) is 2.85. The average molecular weight is 271 g/mol. The maximum absolute atomic E-state index is 10.7. The number of thiazole rings is 1.